The van der Waals surface area contributed by atoms with E-state index in [0.717, 1.165) is 23.1 Å². The van der Waals surface area contributed by atoms with Crippen LogP contribution in [-0.2, 0) is 15.1 Å². The van der Waals surface area contributed by atoms with Crippen LogP contribution in [0.4, 0.5) is 5.69 Å². The van der Waals surface area contributed by atoms with Gasteiger partial charge in [0.25, 0.3) is 0 Å². The summed E-state index contributed by atoms with van der Waals surface area (Å²) in [6, 6.07) is 14.3. The largest absolute Gasteiger partial charge is 0.481 e. The summed E-state index contributed by atoms with van der Waals surface area (Å²) in [6.07, 6.45) is 0.708. The summed E-state index contributed by atoms with van der Waals surface area (Å²) in [4.78, 5) is 23.4. The normalized spacial score (nSPS) is 13.7. The van der Waals surface area contributed by atoms with E-state index in [2.05, 4.69) is 60.8 Å². The molecular formula is C28H38N6O3. The summed E-state index contributed by atoms with van der Waals surface area (Å²) in [6.45, 7) is 14.2. The zero-order valence-electron chi connectivity index (χ0n) is 22.7. The van der Waals surface area contributed by atoms with Crippen molar-refractivity contribution in [1.29, 1.82) is 0 Å². The van der Waals surface area contributed by atoms with Gasteiger partial charge in [-0.15, -0.1) is 5.10 Å². The number of amides is 1. The van der Waals surface area contributed by atoms with Gasteiger partial charge >= 0.3 is 5.97 Å². The van der Waals surface area contributed by atoms with Gasteiger partial charge in [0.1, 0.15) is 0 Å². The van der Waals surface area contributed by atoms with Crippen molar-refractivity contribution < 1.29 is 14.7 Å². The fourth-order valence-electron chi connectivity index (χ4n) is 5.00. The van der Waals surface area contributed by atoms with E-state index >= 15 is 0 Å². The summed E-state index contributed by atoms with van der Waals surface area (Å²) in [7, 11) is 0. The molecule has 0 aliphatic carbocycles. The van der Waals surface area contributed by atoms with Gasteiger partial charge in [0, 0.05) is 18.7 Å². The first-order valence-corrected chi connectivity index (χ1v) is 12.5. The minimum atomic E-state index is -0.911. The molecule has 0 radical (unpaired) electrons. The zero-order chi connectivity index (χ0) is 27.4. The number of aliphatic carboxylic acids is 1. The van der Waals surface area contributed by atoms with Crippen molar-refractivity contribution in [3.05, 3.63) is 71.0 Å². The Morgan fingerprint density at radius 1 is 1.03 bits per heavy atom. The minimum absolute atomic E-state index is 0.0308. The number of tetrazole rings is 1. The van der Waals surface area contributed by atoms with Crippen LogP contribution in [0.15, 0.2) is 48.5 Å². The molecule has 9 heteroatoms. The molecule has 3 N–H and O–H groups in total. The molecule has 9 nitrogen and oxygen atoms in total. The third-order valence-corrected chi connectivity index (χ3v) is 6.04. The van der Waals surface area contributed by atoms with Crippen LogP contribution in [0.25, 0.3) is 0 Å². The molecule has 0 aliphatic rings. The van der Waals surface area contributed by atoms with E-state index in [4.69, 9.17) is 0 Å². The SMILES string of the molecule is CC(=O)Nc1ccc(C(NC(CC(=O)O)c2cccc(C)c2)c2nnnn2C(C)(C)CC(C)(C)C)cc1. The van der Waals surface area contributed by atoms with E-state index in [9.17, 15) is 14.7 Å². The van der Waals surface area contributed by atoms with Crippen molar-refractivity contribution in [3.63, 3.8) is 0 Å². The number of carboxylic acids is 1. The molecule has 1 amide bonds. The number of benzene rings is 2. The van der Waals surface area contributed by atoms with Crippen LogP contribution in [0.2, 0.25) is 0 Å². The van der Waals surface area contributed by atoms with Gasteiger partial charge in [0.05, 0.1) is 18.0 Å². The molecule has 2 atom stereocenters. The fraction of sp³-hybridized carbons (Fsp3) is 0.464. The van der Waals surface area contributed by atoms with Crippen LogP contribution in [0.3, 0.4) is 0 Å². The maximum Gasteiger partial charge on any atom is 0.305 e. The second-order valence-electron chi connectivity index (χ2n) is 11.5. The standard InChI is InChI=1S/C28H38N6O3/c1-18-9-8-10-21(15-18)23(16-24(36)37)30-25(20-11-13-22(14-12-20)29-19(2)35)26-31-32-33-34(26)28(6,7)17-27(3,4)5/h8-15,23,25,30H,16-17H2,1-7H3,(H,29,35)(H,36,37). The maximum atomic E-state index is 11.9. The van der Waals surface area contributed by atoms with Crippen molar-refractivity contribution in [2.45, 2.75) is 78.9 Å². The number of rotatable bonds is 10. The first kappa shape index (κ1) is 28.0. The number of nitrogens with zero attached hydrogens (tertiary/aromatic N) is 4. The molecule has 0 aliphatic heterocycles. The molecule has 3 aromatic rings. The van der Waals surface area contributed by atoms with Gasteiger partial charge in [-0.2, -0.15) is 0 Å². The van der Waals surface area contributed by atoms with Gasteiger partial charge < -0.3 is 10.4 Å². The molecular weight excluding hydrogens is 468 g/mol. The van der Waals surface area contributed by atoms with Crippen LogP contribution in [0.5, 0.6) is 0 Å². The molecule has 1 aromatic heterocycles. The van der Waals surface area contributed by atoms with Crippen molar-refractivity contribution in [2.75, 3.05) is 5.32 Å². The number of hydrogen-bond acceptors (Lipinski definition) is 6. The third kappa shape index (κ3) is 7.69. The van der Waals surface area contributed by atoms with E-state index in [1.165, 1.54) is 6.92 Å². The van der Waals surface area contributed by atoms with Crippen LogP contribution in [0, 0.1) is 12.3 Å². The summed E-state index contributed by atoms with van der Waals surface area (Å²) < 4.78 is 1.84. The number of hydrogen-bond donors (Lipinski definition) is 3. The summed E-state index contributed by atoms with van der Waals surface area (Å²) in [5, 5.41) is 28.9. The van der Waals surface area contributed by atoms with Gasteiger partial charge in [0.15, 0.2) is 5.82 Å². The monoisotopic (exact) mass is 506 g/mol. The highest BCUT2D eigenvalue weighted by Crippen LogP contribution is 2.35. The van der Waals surface area contributed by atoms with Crippen molar-refractivity contribution in [2.24, 2.45) is 5.41 Å². The molecule has 198 valence electrons. The van der Waals surface area contributed by atoms with E-state index in [0.29, 0.717) is 11.5 Å². The van der Waals surface area contributed by atoms with Gasteiger partial charge in [-0.05, 0) is 66.3 Å². The number of carbonyl (C=O) groups excluding carboxylic acids is 1. The predicted octanol–water partition coefficient (Wildman–Crippen LogP) is 5.01. The first-order valence-electron chi connectivity index (χ1n) is 12.5. The van der Waals surface area contributed by atoms with Crippen LogP contribution in [0.1, 0.15) is 89.0 Å². The minimum Gasteiger partial charge on any atom is -0.481 e. The highest BCUT2D eigenvalue weighted by Gasteiger charge is 2.34. The highest BCUT2D eigenvalue weighted by atomic mass is 16.4. The lowest BCUT2D eigenvalue weighted by Crippen LogP contribution is -2.38. The molecule has 0 saturated carbocycles. The summed E-state index contributed by atoms with van der Waals surface area (Å²) in [5.41, 5.74) is 3.06. The Kier molecular flexibility index (Phi) is 8.48. The molecule has 2 unspecified atom stereocenters. The number of nitrogens with one attached hydrogen (secondary N) is 2. The van der Waals surface area contributed by atoms with Crippen molar-refractivity contribution in [3.8, 4) is 0 Å². The Labute approximate surface area is 218 Å². The Bertz CT molecular complexity index is 1230. The molecule has 0 fully saturated rings. The molecule has 37 heavy (non-hydrogen) atoms. The van der Waals surface area contributed by atoms with Gasteiger partial charge in [-0.3, -0.25) is 14.9 Å². The average molecular weight is 507 g/mol. The van der Waals surface area contributed by atoms with Gasteiger partial charge in [-0.1, -0.05) is 62.7 Å². The molecule has 1 heterocycles. The second-order valence-corrected chi connectivity index (χ2v) is 11.5. The number of carbonyl (C=O) groups is 2. The Balaban J connectivity index is 2.10. The lowest BCUT2D eigenvalue weighted by molar-refractivity contribution is -0.137. The lowest BCUT2D eigenvalue weighted by Gasteiger charge is -2.34. The fourth-order valence-corrected chi connectivity index (χ4v) is 5.00. The average Bonchev–Trinajstić information content (AvgIpc) is 3.26. The Hall–Kier alpha value is -3.59. The van der Waals surface area contributed by atoms with Gasteiger partial charge in [0.2, 0.25) is 5.91 Å². The number of anilines is 1. The van der Waals surface area contributed by atoms with E-state index < -0.39 is 23.6 Å². The number of aromatic nitrogens is 4. The summed E-state index contributed by atoms with van der Waals surface area (Å²) in [5.74, 6) is -0.479. The van der Waals surface area contributed by atoms with Crippen LogP contribution < -0.4 is 10.6 Å². The third-order valence-electron chi connectivity index (χ3n) is 6.04. The topological polar surface area (TPSA) is 122 Å². The predicted molar refractivity (Wildman–Crippen MR) is 143 cm³/mol. The quantitative estimate of drug-likeness (QED) is 0.353. The Morgan fingerprint density at radius 3 is 2.27 bits per heavy atom. The second kappa shape index (κ2) is 11.2. The molecule has 2 aromatic carbocycles. The Morgan fingerprint density at radius 2 is 1.70 bits per heavy atom. The summed E-state index contributed by atoms with van der Waals surface area (Å²) >= 11 is 0. The number of aryl methyl sites for hydroxylation is 1. The smallest absolute Gasteiger partial charge is 0.305 e. The molecule has 0 spiro atoms. The van der Waals surface area contributed by atoms with Crippen LogP contribution in [-0.4, -0.2) is 37.2 Å². The molecule has 0 bridgehead atoms. The zero-order valence-corrected chi connectivity index (χ0v) is 22.7. The van der Waals surface area contributed by atoms with Gasteiger partial charge in [-0.25, -0.2) is 4.68 Å². The molecule has 0 saturated heterocycles. The van der Waals surface area contributed by atoms with E-state index in [-0.39, 0.29) is 17.7 Å². The lowest BCUT2D eigenvalue weighted by atomic mass is 9.81. The van der Waals surface area contributed by atoms with Crippen LogP contribution >= 0.6 is 0 Å². The molecule has 3 rings (SSSR count). The number of carboxylic acid groups (broad SMARTS) is 1. The maximum absolute atomic E-state index is 11.9. The van der Waals surface area contributed by atoms with E-state index in [1.807, 2.05) is 60.1 Å². The highest BCUT2D eigenvalue weighted by molar-refractivity contribution is 5.88. The van der Waals surface area contributed by atoms with Crippen molar-refractivity contribution in [1.82, 2.24) is 25.5 Å². The first-order chi connectivity index (χ1) is 17.2. The van der Waals surface area contributed by atoms with Crippen molar-refractivity contribution >= 4 is 17.6 Å². The van der Waals surface area contributed by atoms with E-state index in [1.54, 1.807) is 0 Å².